The minimum Gasteiger partial charge on any atom is -0.488 e. The quantitative estimate of drug-likeness (QED) is 0.251. The molecule has 0 N–H and O–H groups in total. The molecule has 2 saturated heterocycles. The van der Waals surface area contributed by atoms with Crippen molar-refractivity contribution in [2.75, 3.05) is 26.4 Å². The van der Waals surface area contributed by atoms with Crippen LogP contribution in [0.25, 0.3) is 0 Å². The minimum atomic E-state index is -1.30. The summed E-state index contributed by atoms with van der Waals surface area (Å²) in [6.45, 7) is 16.1. The largest absolute Gasteiger partial charge is 0.488 e. The Bertz CT molecular complexity index is 1180. The molecule has 0 spiro atoms. The number of benzene rings is 1. The summed E-state index contributed by atoms with van der Waals surface area (Å²) in [6.07, 6.45) is 0.715. The van der Waals surface area contributed by atoms with Gasteiger partial charge in [-0.2, -0.15) is 0 Å². The van der Waals surface area contributed by atoms with Crippen molar-refractivity contribution >= 4 is 31.9 Å². The summed E-state index contributed by atoms with van der Waals surface area (Å²) in [7, 11) is -1.30. The first-order valence-corrected chi connectivity index (χ1v) is 18.3. The van der Waals surface area contributed by atoms with Crippen LogP contribution in [0.4, 0.5) is 4.79 Å². The van der Waals surface area contributed by atoms with Gasteiger partial charge in [-0.15, -0.1) is 0 Å². The smallest absolute Gasteiger partial charge is 0.410 e. The first-order chi connectivity index (χ1) is 19.1. The van der Waals surface area contributed by atoms with Crippen molar-refractivity contribution in [3.8, 4) is 5.75 Å². The highest BCUT2D eigenvalue weighted by molar-refractivity contribution is 6.76. The van der Waals surface area contributed by atoms with Crippen LogP contribution in [0.5, 0.6) is 5.75 Å². The van der Waals surface area contributed by atoms with Crippen molar-refractivity contribution in [3.63, 3.8) is 0 Å². The van der Waals surface area contributed by atoms with E-state index >= 15 is 0 Å². The van der Waals surface area contributed by atoms with Gasteiger partial charge in [-0.05, 0) is 69.3 Å². The summed E-state index contributed by atoms with van der Waals surface area (Å²) in [5, 5.41) is 0. The number of nitrogens with zero attached hydrogens (tertiary/aromatic N) is 3. The normalized spacial score (nSPS) is 23.6. The molecule has 1 aromatic carbocycles. The molecule has 0 bridgehead atoms. The van der Waals surface area contributed by atoms with E-state index in [-0.39, 0.29) is 55.5 Å². The summed E-state index contributed by atoms with van der Waals surface area (Å²) in [5.41, 5.74) is 0.745. The van der Waals surface area contributed by atoms with E-state index in [0.717, 1.165) is 22.9 Å². The molecule has 0 radical (unpaired) electrons. The van der Waals surface area contributed by atoms with E-state index in [9.17, 15) is 19.2 Å². The highest BCUT2D eigenvalue weighted by atomic mass is 28.3. The van der Waals surface area contributed by atoms with E-state index in [1.54, 1.807) is 21.9 Å². The molecular weight excluding hydrogens is 542 g/mol. The van der Waals surface area contributed by atoms with Gasteiger partial charge < -0.3 is 24.0 Å². The third-order valence-corrected chi connectivity index (χ3v) is 9.52. The third kappa shape index (κ3) is 7.68. The number of hydrogen-bond acceptors (Lipinski definition) is 7. The summed E-state index contributed by atoms with van der Waals surface area (Å²) >= 11 is 0. The van der Waals surface area contributed by atoms with Gasteiger partial charge in [-0.3, -0.25) is 19.3 Å². The van der Waals surface area contributed by atoms with Gasteiger partial charge in [0.05, 0.1) is 6.54 Å². The van der Waals surface area contributed by atoms with Gasteiger partial charge in [0.2, 0.25) is 5.91 Å². The summed E-state index contributed by atoms with van der Waals surface area (Å²) in [4.78, 5) is 56.2. The van der Waals surface area contributed by atoms with E-state index < -0.39 is 19.7 Å². The maximum Gasteiger partial charge on any atom is 0.410 e. The van der Waals surface area contributed by atoms with Crippen molar-refractivity contribution in [2.24, 2.45) is 5.92 Å². The lowest BCUT2D eigenvalue weighted by Gasteiger charge is -2.37. The number of carbonyl (C=O) groups excluding carboxylic acids is 4. The van der Waals surface area contributed by atoms with Gasteiger partial charge in [-0.1, -0.05) is 26.6 Å². The number of imide groups is 1. The lowest BCUT2D eigenvalue weighted by molar-refractivity contribution is -0.158. The number of rotatable bonds is 8. The number of fused-ring (bicyclic) bond motifs is 1. The van der Waals surface area contributed by atoms with Crippen LogP contribution in [0.15, 0.2) is 18.2 Å². The molecule has 0 aromatic heterocycles. The Labute approximate surface area is 244 Å². The molecule has 4 rings (SSSR count). The average Bonchev–Trinajstić information content (AvgIpc) is 3.18. The fourth-order valence-corrected chi connectivity index (χ4v) is 6.04. The van der Waals surface area contributed by atoms with Gasteiger partial charge in [0.25, 0.3) is 11.8 Å². The third-order valence-electron chi connectivity index (χ3n) is 7.81. The zero-order valence-corrected chi connectivity index (χ0v) is 26.5. The van der Waals surface area contributed by atoms with Crippen LogP contribution in [-0.2, 0) is 25.6 Å². The highest BCUT2D eigenvalue weighted by Gasteiger charge is 2.43. The van der Waals surface area contributed by atoms with Crippen LogP contribution in [-0.4, -0.2) is 90.8 Å². The number of carbonyl (C=O) groups is 4. The SMILES string of the molecule is C[C@@H]1CCN(C(=O)OC(C)(C)C)C[C@@H]1Oc1ccc2c(c1)CN(C1CCC(=O)N(COCC[Si](C)(C)C)C1=O)C2=O. The lowest BCUT2D eigenvalue weighted by Crippen LogP contribution is -2.55. The first kappa shape index (κ1) is 31.0. The van der Waals surface area contributed by atoms with Gasteiger partial charge in [0.15, 0.2) is 0 Å². The number of hydrogen-bond donors (Lipinski definition) is 0. The highest BCUT2D eigenvalue weighted by Crippen LogP contribution is 2.33. The first-order valence-electron chi connectivity index (χ1n) is 14.6. The zero-order valence-electron chi connectivity index (χ0n) is 25.5. The fourth-order valence-electron chi connectivity index (χ4n) is 5.28. The molecule has 41 heavy (non-hydrogen) atoms. The van der Waals surface area contributed by atoms with E-state index in [1.165, 1.54) is 0 Å². The van der Waals surface area contributed by atoms with Crippen LogP contribution in [0, 0.1) is 5.92 Å². The Morgan fingerprint density at radius 3 is 2.51 bits per heavy atom. The van der Waals surface area contributed by atoms with Crippen molar-refractivity contribution in [3.05, 3.63) is 29.3 Å². The molecule has 1 aromatic rings. The van der Waals surface area contributed by atoms with E-state index in [4.69, 9.17) is 14.2 Å². The Morgan fingerprint density at radius 1 is 1.10 bits per heavy atom. The number of amides is 4. The van der Waals surface area contributed by atoms with E-state index in [1.807, 2.05) is 26.8 Å². The van der Waals surface area contributed by atoms with Crippen LogP contribution in [0.2, 0.25) is 25.7 Å². The van der Waals surface area contributed by atoms with E-state index in [0.29, 0.717) is 37.4 Å². The molecule has 4 amide bonds. The van der Waals surface area contributed by atoms with Crippen LogP contribution < -0.4 is 4.74 Å². The van der Waals surface area contributed by atoms with Gasteiger partial charge >= 0.3 is 6.09 Å². The van der Waals surface area contributed by atoms with Crippen LogP contribution in [0.1, 0.15) is 62.9 Å². The Morgan fingerprint density at radius 2 is 1.83 bits per heavy atom. The van der Waals surface area contributed by atoms with E-state index in [2.05, 4.69) is 26.6 Å². The van der Waals surface area contributed by atoms with Crippen LogP contribution in [0.3, 0.4) is 0 Å². The molecule has 0 aliphatic carbocycles. The minimum absolute atomic E-state index is 0.0779. The van der Waals surface area contributed by atoms with Crippen LogP contribution >= 0.6 is 0 Å². The molecule has 3 heterocycles. The van der Waals surface area contributed by atoms with Gasteiger partial charge in [-0.25, -0.2) is 4.79 Å². The fraction of sp³-hybridized carbons (Fsp3) is 0.667. The Hall–Kier alpha value is -2.92. The molecule has 2 fully saturated rings. The zero-order chi connectivity index (χ0) is 30.1. The molecule has 10 nitrogen and oxygen atoms in total. The average molecular weight is 588 g/mol. The molecule has 226 valence electrons. The number of piperidine rings is 2. The Kier molecular flexibility index (Phi) is 9.18. The summed E-state index contributed by atoms with van der Waals surface area (Å²) < 4.78 is 17.6. The predicted octanol–water partition coefficient (Wildman–Crippen LogP) is 4.50. The van der Waals surface area contributed by atoms with Crippen molar-refractivity contribution in [1.29, 1.82) is 0 Å². The second-order valence-corrected chi connectivity index (χ2v) is 19.3. The number of likely N-dealkylation sites (tertiary alicyclic amines) is 2. The van der Waals surface area contributed by atoms with Crippen molar-refractivity contribution in [2.45, 2.75) is 96.9 Å². The summed E-state index contributed by atoms with van der Waals surface area (Å²) in [5.74, 6) is -0.0208. The number of ether oxygens (including phenoxy) is 3. The maximum atomic E-state index is 13.3. The van der Waals surface area contributed by atoms with Crippen molar-refractivity contribution in [1.82, 2.24) is 14.7 Å². The molecule has 0 saturated carbocycles. The molecule has 1 unspecified atom stereocenters. The molecule has 3 atom stereocenters. The monoisotopic (exact) mass is 587 g/mol. The topological polar surface area (TPSA) is 106 Å². The second-order valence-electron chi connectivity index (χ2n) is 13.7. The molecule has 3 aliphatic heterocycles. The molecule has 11 heteroatoms. The standard InChI is InChI=1S/C30H45N3O7Si/c1-20-12-13-31(29(37)40-30(2,3)4)18-25(20)39-22-8-9-23-21(16-22)17-32(27(23)35)24-10-11-26(34)33(28(24)36)19-38-14-15-41(5,6)7/h8-9,16,20,24-25H,10-15,17-19H2,1-7H3/t20-,24?,25+/m1/s1. The van der Waals surface area contributed by atoms with Crippen molar-refractivity contribution < 1.29 is 33.4 Å². The predicted molar refractivity (Wildman–Crippen MR) is 156 cm³/mol. The molecular formula is C30H45N3O7Si. The second kappa shape index (κ2) is 12.1. The van der Waals surface area contributed by atoms with Gasteiger partial charge in [0.1, 0.15) is 30.2 Å². The maximum absolute atomic E-state index is 13.3. The molecule has 3 aliphatic rings. The summed E-state index contributed by atoms with van der Waals surface area (Å²) in [6, 6.07) is 5.59. The lowest BCUT2D eigenvalue weighted by atomic mass is 9.96. The van der Waals surface area contributed by atoms with Gasteiger partial charge in [0, 0.05) is 39.8 Å². The Balaban J connectivity index is 1.39.